The predicted octanol–water partition coefficient (Wildman–Crippen LogP) is 0.215. The molecule has 3 N–H and O–H groups in total. The highest BCUT2D eigenvalue weighted by molar-refractivity contribution is 7.99. The highest BCUT2D eigenvalue weighted by atomic mass is 32.2. The molecule has 0 radical (unpaired) electrons. The van der Waals surface area contributed by atoms with Crippen molar-refractivity contribution in [1.29, 1.82) is 0 Å². The van der Waals surface area contributed by atoms with E-state index in [2.05, 4.69) is 10.6 Å². The van der Waals surface area contributed by atoms with Gasteiger partial charge in [0.2, 0.25) is 5.91 Å². The van der Waals surface area contributed by atoms with Crippen molar-refractivity contribution in [2.45, 2.75) is 31.6 Å². The van der Waals surface area contributed by atoms with Gasteiger partial charge in [-0.1, -0.05) is 0 Å². The van der Waals surface area contributed by atoms with Crippen LogP contribution in [0.4, 0.5) is 0 Å². The maximum Gasteiger partial charge on any atom is 0.227 e. The van der Waals surface area contributed by atoms with Crippen LogP contribution in [0.1, 0.15) is 20.3 Å². The van der Waals surface area contributed by atoms with E-state index in [-0.39, 0.29) is 29.2 Å². The van der Waals surface area contributed by atoms with E-state index in [1.165, 1.54) is 0 Å². The summed E-state index contributed by atoms with van der Waals surface area (Å²) in [6.45, 7) is 5.68. The lowest BCUT2D eigenvalue weighted by Gasteiger charge is -2.27. The average molecular weight is 246 g/mol. The molecule has 0 saturated carbocycles. The molecule has 1 aliphatic rings. The number of hydrogen-bond donors (Lipinski definition) is 3. The molecule has 1 saturated heterocycles. The Kier molecular flexibility index (Phi) is 5.08. The highest BCUT2D eigenvalue weighted by Gasteiger charge is 2.37. The minimum absolute atomic E-state index is 0.00456. The van der Waals surface area contributed by atoms with Crippen molar-refractivity contribution in [2.24, 2.45) is 5.41 Å². The van der Waals surface area contributed by atoms with Gasteiger partial charge in [0.1, 0.15) is 0 Å². The molecular weight excluding hydrogens is 224 g/mol. The van der Waals surface area contributed by atoms with Gasteiger partial charge in [-0.25, -0.2) is 0 Å². The van der Waals surface area contributed by atoms with Crippen LogP contribution in [0.15, 0.2) is 0 Å². The SMILES string of the molecule is CSC(CO)C(C)NC(=O)C1(C)CCNC1. The summed E-state index contributed by atoms with van der Waals surface area (Å²) in [5, 5.41) is 15.4. The first-order chi connectivity index (χ1) is 7.53. The molecule has 0 aliphatic carbocycles. The molecule has 3 atom stereocenters. The number of thioether (sulfide) groups is 1. The monoisotopic (exact) mass is 246 g/mol. The molecule has 1 fully saturated rings. The molecule has 0 aromatic carbocycles. The number of hydrogen-bond acceptors (Lipinski definition) is 4. The Hall–Kier alpha value is -0.260. The molecule has 0 aromatic heterocycles. The fraction of sp³-hybridized carbons (Fsp3) is 0.909. The van der Waals surface area contributed by atoms with Gasteiger partial charge in [0.25, 0.3) is 0 Å². The molecule has 5 heteroatoms. The number of rotatable bonds is 5. The Morgan fingerprint density at radius 2 is 2.38 bits per heavy atom. The van der Waals surface area contributed by atoms with Crippen LogP contribution in [-0.4, -0.2) is 48.3 Å². The number of nitrogens with one attached hydrogen (secondary N) is 2. The van der Waals surface area contributed by atoms with Crippen LogP contribution < -0.4 is 10.6 Å². The number of aliphatic hydroxyl groups is 1. The number of carbonyl (C=O) groups is 1. The van der Waals surface area contributed by atoms with Gasteiger partial charge >= 0.3 is 0 Å². The summed E-state index contributed by atoms with van der Waals surface area (Å²) < 4.78 is 0. The maximum absolute atomic E-state index is 12.1. The van der Waals surface area contributed by atoms with E-state index >= 15 is 0 Å². The first-order valence-electron chi connectivity index (χ1n) is 5.69. The zero-order chi connectivity index (χ0) is 12.2. The second-order valence-electron chi connectivity index (χ2n) is 4.71. The molecular formula is C11H22N2O2S. The van der Waals surface area contributed by atoms with Crippen molar-refractivity contribution in [3.63, 3.8) is 0 Å². The molecule has 1 heterocycles. The Morgan fingerprint density at radius 1 is 1.69 bits per heavy atom. The lowest BCUT2D eigenvalue weighted by Crippen LogP contribution is -2.48. The van der Waals surface area contributed by atoms with Crippen LogP contribution in [0.5, 0.6) is 0 Å². The largest absolute Gasteiger partial charge is 0.395 e. The van der Waals surface area contributed by atoms with Crippen LogP contribution in [-0.2, 0) is 4.79 Å². The average Bonchev–Trinajstić information content (AvgIpc) is 2.68. The topological polar surface area (TPSA) is 61.4 Å². The Labute approximate surface area is 102 Å². The van der Waals surface area contributed by atoms with E-state index in [4.69, 9.17) is 5.11 Å². The standard InChI is InChI=1S/C11H22N2O2S/c1-8(9(6-14)16-3)13-10(15)11(2)4-5-12-7-11/h8-9,12,14H,4-7H2,1-3H3,(H,13,15). The van der Waals surface area contributed by atoms with Gasteiger partial charge in [0, 0.05) is 17.8 Å². The lowest BCUT2D eigenvalue weighted by molar-refractivity contribution is -0.129. The van der Waals surface area contributed by atoms with Crippen molar-refractivity contribution >= 4 is 17.7 Å². The van der Waals surface area contributed by atoms with Crippen molar-refractivity contribution in [1.82, 2.24) is 10.6 Å². The molecule has 0 bridgehead atoms. The molecule has 16 heavy (non-hydrogen) atoms. The van der Waals surface area contributed by atoms with E-state index in [0.29, 0.717) is 0 Å². The quantitative estimate of drug-likeness (QED) is 0.649. The third-order valence-corrected chi connectivity index (χ3v) is 4.48. The van der Waals surface area contributed by atoms with Crippen LogP contribution in [0.3, 0.4) is 0 Å². The minimum Gasteiger partial charge on any atom is -0.395 e. The van der Waals surface area contributed by atoms with Gasteiger partial charge in [-0.15, -0.1) is 0 Å². The van der Waals surface area contributed by atoms with Gasteiger partial charge in [-0.05, 0) is 33.1 Å². The second-order valence-corrected chi connectivity index (χ2v) is 5.78. The van der Waals surface area contributed by atoms with Crippen LogP contribution >= 0.6 is 11.8 Å². The summed E-state index contributed by atoms with van der Waals surface area (Å²) in [5.41, 5.74) is -0.285. The van der Waals surface area contributed by atoms with E-state index in [1.807, 2.05) is 20.1 Å². The molecule has 1 amide bonds. The van der Waals surface area contributed by atoms with Crippen molar-refractivity contribution in [3.05, 3.63) is 0 Å². The van der Waals surface area contributed by atoms with E-state index in [9.17, 15) is 4.79 Å². The minimum atomic E-state index is -0.285. The normalized spacial score (nSPS) is 28.8. The van der Waals surface area contributed by atoms with Gasteiger partial charge in [-0.3, -0.25) is 4.79 Å². The van der Waals surface area contributed by atoms with Gasteiger partial charge < -0.3 is 15.7 Å². The molecule has 4 nitrogen and oxygen atoms in total. The highest BCUT2D eigenvalue weighted by Crippen LogP contribution is 2.25. The number of aliphatic hydroxyl groups excluding tert-OH is 1. The first kappa shape index (κ1) is 13.8. The third-order valence-electron chi connectivity index (χ3n) is 3.32. The van der Waals surface area contributed by atoms with E-state index in [1.54, 1.807) is 11.8 Å². The lowest BCUT2D eigenvalue weighted by atomic mass is 9.88. The van der Waals surface area contributed by atoms with Crippen LogP contribution in [0, 0.1) is 5.41 Å². The molecule has 0 spiro atoms. The molecule has 3 unspecified atom stereocenters. The fourth-order valence-corrected chi connectivity index (χ4v) is 2.55. The molecule has 1 aliphatic heterocycles. The number of amides is 1. The summed E-state index contributed by atoms with van der Waals surface area (Å²) in [6.07, 6.45) is 2.83. The zero-order valence-corrected chi connectivity index (χ0v) is 11.1. The fourth-order valence-electron chi connectivity index (χ4n) is 1.92. The van der Waals surface area contributed by atoms with Gasteiger partial charge in [0.05, 0.1) is 12.0 Å². The van der Waals surface area contributed by atoms with Gasteiger partial charge in [0.15, 0.2) is 0 Å². The Balaban J connectivity index is 2.50. The summed E-state index contributed by atoms with van der Waals surface area (Å²) in [4.78, 5) is 12.1. The Bertz CT molecular complexity index is 238. The molecule has 1 rings (SSSR count). The first-order valence-corrected chi connectivity index (χ1v) is 6.97. The summed E-state index contributed by atoms with van der Waals surface area (Å²) in [6, 6.07) is 0.00456. The van der Waals surface area contributed by atoms with Crippen molar-refractivity contribution < 1.29 is 9.90 Å². The zero-order valence-electron chi connectivity index (χ0n) is 10.2. The van der Waals surface area contributed by atoms with Crippen LogP contribution in [0.2, 0.25) is 0 Å². The summed E-state index contributed by atoms with van der Waals surface area (Å²) >= 11 is 1.58. The summed E-state index contributed by atoms with van der Waals surface area (Å²) in [5.74, 6) is 0.0949. The molecule has 0 aromatic rings. The summed E-state index contributed by atoms with van der Waals surface area (Å²) in [7, 11) is 0. The molecule has 94 valence electrons. The maximum atomic E-state index is 12.1. The smallest absolute Gasteiger partial charge is 0.227 e. The van der Waals surface area contributed by atoms with Crippen molar-refractivity contribution in [3.8, 4) is 0 Å². The van der Waals surface area contributed by atoms with E-state index in [0.717, 1.165) is 19.5 Å². The Morgan fingerprint density at radius 3 is 2.81 bits per heavy atom. The second kappa shape index (κ2) is 5.89. The van der Waals surface area contributed by atoms with Crippen molar-refractivity contribution in [2.75, 3.05) is 26.0 Å². The third kappa shape index (κ3) is 3.12. The van der Waals surface area contributed by atoms with Crippen LogP contribution in [0.25, 0.3) is 0 Å². The van der Waals surface area contributed by atoms with Gasteiger partial charge in [-0.2, -0.15) is 11.8 Å². The predicted molar refractivity (Wildman–Crippen MR) is 67.6 cm³/mol. The number of carbonyl (C=O) groups excluding carboxylic acids is 1. The van der Waals surface area contributed by atoms with E-state index < -0.39 is 0 Å².